The molecule has 0 aliphatic carbocycles. The highest BCUT2D eigenvalue weighted by atomic mass is 16.3. The minimum absolute atomic E-state index is 0.611. The largest absolute Gasteiger partial charge is 0.456 e. The fraction of sp³-hybridized carbons (Fsp3) is 0. The van der Waals surface area contributed by atoms with E-state index in [-0.39, 0.29) is 0 Å². The topological polar surface area (TPSA) is 59.7 Å². The molecule has 5 nitrogen and oxygen atoms in total. The Bertz CT molecular complexity index is 2880. The maximum Gasteiger partial charge on any atom is 0.136 e. The van der Waals surface area contributed by atoms with E-state index in [1.807, 2.05) is 42.7 Å². The average molecular weight is 601 g/mol. The first kappa shape index (κ1) is 25.7. The summed E-state index contributed by atoms with van der Waals surface area (Å²) < 4.78 is 10.8. The Hall–Kier alpha value is -6.64. The molecule has 10 aromatic rings. The number of benzene rings is 6. The van der Waals surface area contributed by atoms with Crippen LogP contribution >= 0.6 is 0 Å². The van der Waals surface area contributed by atoms with Crippen molar-refractivity contribution in [2.45, 2.75) is 0 Å². The monoisotopic (exact) mass is 600 g/mol. The van der Waals surface area contributed by atoms with Gasteiger partial charge in [-0.1, -0.05) is 66.7 Å². The summed E-state index contributed by atoms with van der Waals surface area (Å²) in [5, 5.41) is 16.9. The van der Waals surface area contributed by atoms with Crippen molar-refractivity contribution in [3.63, 3.8) is 0 Å². The molecular formula is C42H24N4O. The molecule has 0 aliphatic rings. The van der Waals surface area contributed by atoms with Crippen LogP contribution in [0.4, 0.5) is 0 Å². The first-order chi connectivity index (χ1) is 23.2. The molecule has 0 radical (unpaired) electrons. The van der Waals surface area contributed by atoms with Gasteiger partial charge in [-0.2, -0.15) is 5.26 Å². The fourth-order valence-electron chi connectivity index (χ4n) is 7.36. The minimum Gasteiger partial charge on any atom is -0.456 e. The molecule has 0 spiro atoms. The number of aromatic nitrogens is 3. The molecule has 0 amide bonds. The second-order valence-corrected chi connectivity index (χ2v) is 12.0. The quantitative estimate of drug-likeness (QED) is 0.203. The van der Waals surface area contributed by atoms with Crippen LogP contribution in [-0.2, 0) is 0 Å². The molecule has 5 heteroatoms. The molecule has 6 aromatic carbocycles. The average Bonchev–Trinajstić information content (AvgIpc) is 3.78. The highest BCUT2D eigenvalue weighted by Crippen LogP contribution is 2.39. The fourth-order valence-corrected chi connectivity index (χ4v) is 7.36. The first-order valence-electron chi connectivity index (χ1n) is 15.6. The summed E-state index contributed by atoms with van der Waals surface area (Å²) in [4.78, 5) is 4.51. The van der Waals surface area contributed by atoms with Crippen molar-refractivity contribution in [1.29, 1.82) is 5.26 Å². The van der Waals surface area contributed by atoms with Crippen molar-refractivity contribution in [1.82, 2.24) is 14.1 Å². The SMILES string of the molecule is N#Cc1cc(-c2cccc(-n3c4cnccc4c4cc5oc6ccccc6c5cc43)c2)cc(-n2c3ccccc3c3ccccc32)c1. The lowest BCUT2D eigenvalue weighted by atomic mass is 10.0. The molecule has 0 N–H and O–H groups in total. The lowest BCUT2D eigenvalue weighted by Crippen LogP contribution is -1.97. The van der Waals surface area contributed by atoms with Crippen LogP contribution in [0.25, 0.3) is 88.1 Å². The number of pyridine rings is 1. The van der Waals surface area contributed by atoms with E-state index in [0.29, 0.717) is 5.56 Å². The zero-order valence-corrected chi connectivity index (χ0v) is 25.1. The molecule has 10 rings (SSSR count). The molecule has 4 heterocycles. The Morgan fingerprint density at radius 2 is 1.19 bits per heavy atom. The molecule has 4 aromatic heterocycles. The predicted molar refractivity (Wildman–Crippen MR) is 190 cm³/mol. The van der Waals surface area contributed by atoms with Gasteiger partial charge in [0.1, 0.15) is 11.2 Å². The number of hydrogen-bond acceptors (Lipinski definition) is 3. The predicted octanol–water partition coefficient (Wildman–Crippen LogP) is 10.7. The van der Waals surface area contributed by atoms with Crippen LogP contribution in [-0.4, -0.2) is 14.1 Å². The number of nitrogens with zero attached hydrogens (tertiary/aromatic N) is 4. The zero-order chi connectivity index (χ0) is 31.1. The Kier molecular flexibility index (Phi) is 5.28. The molecule has 0 saturated heterocycles. The second kappa shape index (κ2) is 9.68. The zero-order valence-electron chi connectivity index (χ0n) is 25.1. The lowest BCUT2D eigenvalue weighted by Gasteiger charge is -2.13. The van der Waals surface area contributed by atoms with E-state index < -0.39 is 0 Å². The van der Waals surface area contributed by atoms with Gasteiger partial charge in [0, 0.05) is 49.9 Å². The van der Waals surface area contributed by atoms with Crippen molar-refractivity contribution in [2.75, 3.05) is 0 Å². The van der Waals surface area contributed by atoms with Crippen LogP contribution in [0.3, 0.4) is 0 Å². The summed E-state index contributed by atoms with van der Waals surface area (Å²) in [7, 11) is 0. The number of nitriles is 1. The third-order valence-electron chi connectivity index (χ3n) is 9.39. The van der Waals surface area contributed by atoms with Gasteiger partial charge < -0.3 is 13.6 Å². The van der Waals surface area contributed by atoms with Crippen LogP contribution in [0.5, 0.6) is 0 Å². The highest BCUT2D eigenvalue weighted by molar-refractivity contribution is 6.17. The van der Waals surface area contributed by atoms with E-state index in [4.69, 9.17) is 4.42 Å². The summed E-state index contributed by atoms with van der Waals surface area (Å²) in [5.41, 5.74) is 10.7. The normalized spacial score (nSPS) is 11.8. The molecule has 218 valence electrons. The van der Waals surface area contributed by atoms with Crippen molar-refractivity contribution >= 4 is 65.6 Å². The Balaban J connectivity index is 1.20. The van der Waals surface area contributed by atoms with Gasteiger partial charge in [-0.25, -0.2) is 0 Å². The van der Waals surface area contributed by atoms with E-state index >= 15 is 0 Å². The van der Waals surface area contributed by atoms with E-state index in [1.54, 1.807) is 0 Å². The van der Waals surface area contributed by atoms with Crippen LogP contribution in [0.15, 0.2) is 150 Å². The van der Waals surface area contributed by atoms with E-state index in [1.165, 1.54) is 10.8 Å². The van der Waals surface area contributed by atoms with E-state index in [9.17, 15) is 5.26 Å². The number of furan rings is 1. The Morgan fingerprint density at radius 3 is 2.00 bits per heavy atom. The summed E-state index contributed by atoms with van der Waals surface area (Å²) in [6, 6.07) is 48.6. The van der Waals surface area contributed by atoms with Gasteiger partial charge in [0.25, 0.3) is 0 Å². The standard InChI is InChI=1S/C42H24N4O/c43-24-26-18-28(21-30(19-26)46-37-13-4-1-10-31(37)32-11-2-5-14-38(32)46)27-8-7-9-29(20-27)45-39-22-36-34-12-3-6-15-41(34)47-42(36)23-35(39)33-16-17-44-25-40(33)45/h1-23,25H. The lowest BCUT2D eigenvalue weighted by molar-refractivity contribution is 0.669. The summed E-state index contributed by atoms with van der Waals surface area (Å²) in [5.74, 6) is 0. The van der Waals surface area contributed by atoms with Crippen LogP contribution in [0.2, 0.25) is 0 Å². The van der Waals surface area contributed by atoms with Crippen molar-refractivity contribution in [3.05, 3.63) is 151 Å². The highest BCUT2D eigenvalue weighted by Gasteiger charge is 2.18. The summed E-state index contributed by atoms with van der Waals surface area (Å²) in [6.45, 7) is 0. The van der Waals surface area contributed by atoms with Gasteiger partial charge in [-0.3, -0.25) is 4.98 Å². The minimum atomic E-state index is 0.611. The second-order valence-electron chi connectivity index (χ2n) is 12.0. The number of hydrogen-bond donors (Lipinski definition) is 0. The summed E-state index contributed by atoms with van der Waals surface area (Å²) >= 11 is 0. The van der Waals surface area contributed by atoms with Gasteiger partial charge >= 0.3 is 0 Å². The van der Waals surface area contributed by atoms with Crippen LogP contribution in [0.1, 0.15) is 5.56 Å². The van der Waals surface area contributed by atoms with Crippen molar-refractivity contribution < 1.29 is 4.42 Å². The van der Waals surface area contributed by atoms with E-state index in [2.05, 4.69) is 123 Å². The van der Waals surface area contributed by atoms with Gasteiger partial charge in [0.2, 0.25) is 0 Å². The number of fused-ring (bicyclic) bond motifs is 9. The maximum atomic E-state index is 10.2. The molecule has 0 aliphatic heterocycles. The first-order valence-corrected chi connectivity index (χ1v) is 15.6. The third kappa shape index (κ3) is 3.73. The van der Waals surface area contributed by atoms with Gasteiger partial charge in [-0.05, 0) is 77.9 Å². The third-order valence-corrected chi connectivity index (χ3v) is 9.39. The Morgan fingerprint density at radius 1 is 0.489 bits per heavy atom. The van der Waals surface area contributed by atoms with Gasteiger partial charge in [0.15, 0.2) is 0 Å². The van der Waals surface area contributed by atoms with Crippen LogP contribution in [0, 0.1) is 11.3 Å². The summed E-state index contributed by atoms with van der Waals surface area (Å²) in [6.07, 6.45) is 3.77. The van der Waals surface area contributed by atoms with Gasteiger partial charge in [0.05, 0.1) is 39.9 Å². The van der Waals surface area contributed by atoms with E-state index in [0.717, 1.165) is 77.3 Å². The van der Waals surface area contributed by atoms with Crippen LogP contribution < -0.4 is 0 Å². The molecule has 0 atom stereocenters. The molecule has 47 heavy (non-hydrogen) atoms. The Labute approximate surface area is 268 Å². The number of para-hydroxylation sites is 3. The molecule has 0 unspecified atom stereocenters. The molecule has 0 bridgehead atoms. The van der Waals surface area contributed by atoms with Crippen molar-refractivity contribution in [3.8, 4) is 28.6 Å². The van der Waals surface area contributed by atoms with Crippen molar-refractivity contribution in [2.24, 2.45) is 0 Å². The molecule has 0 fully saturated rings. The number of rotatable bonds is 3. The van der Waals surface area contributed by atoms with Gasteiger partial charge in [-0.15, -0.1) is 0 Å². The maximum absolute atomic E-state index is 10.2. The molecule has 0 saturated carbocycles. The molecular weight excluding hydrogens is 576 g/mol. The smallest absolute Gasteiger partial charge is 0.136 e.